The number of rotatable bonds is 0. The number of hydrogen-bond acceptors (Lipinski definition) is 6. The molecule has 0 heterocycles. The summed E-state index contributed by atoms with van der Waals surface area (Å²) < 4.78 is 0. The van der Waals surface area contributed by atoms with Crippen LogP contribution in [0.2, 0.25) is 0 Å². The molecule has 0 amide bonds. The topological polar surface area (TPSA) is 132 Å². The van der Waals surface area contributed by atoms with E-state index in [1.807, 2.05) is 0 Å². The van der Waals surface area contributed by atoms with Crippen LogP contribution in [0.3, 0.4) is 0 Å². The van der Waals surface area contributed by atoms with Crippen molar-refractivity contribution >= 4 is 0 Å². The van der Waals surface area contributed by atoms with Gasteiger partial charge < -0.3 is 30.6 Å². The van der Waals surface area contributed by atoms with E-state index in [2.05, 4.69) is 0 Å². The first kappa shape index (κ1) is 22.5. The minimum absolute atomic E-state index is 0. The van der Waals surface area contributed by atoms with Crippen LogP contribution in [0, 0.1) is 30.6 Å². The van der Waals surface area contributed by atoms with Gasteiger partial charge in [0, 0.05) is 0 Å². The van der Waals surface area contributed by atoms with E-state index < -0.39 is 10.2 Å². The molecular weight excluding hydrogens is 212 g/mol. The Labute approximate surface area is 89.5 Å². The maximum absolute atomic E-state index is 8.25. The molecule has 10 heavy (non-hydrogen) atoms. The van der Waals surface area contributed by atoms with Crippen molar-refractivity contribution in [2.24, 2.45) is 0 Å². The van der Waals surface area contributed by atoms with Gasteiger partial charge in [0.2, 0.25) is 0 Å². The van der Waals surface area contributed by atoms with Crippen LogP contribution in [0.5, 0.6) is 0 Å². The van der Waals surface area contributed by atoms with E-state index in [1.54, 1.807) is 0 Å². The van der Waals surface area contributed by atoms with E-state index in [0.717, 1.165) is 0 Å². The third kappa shape index (κ3) is 724000. The molecule has 0 fully saturated rings. The number of hydrogen-bond donors (Lipinski definition) is 0. The van der Waals surface area contributed by atoms with Crippen molar-refractivity contribution in [2.75, 3.05) is 0 Å². The Kier molecular flexibility index (Phi) is 36.0. The monoisotopic (exact) mass is 211 g/mol. The summed E-state index contributed by atoms with van der Waals surface area (Å²) in [4.78, 5) is 16.5. The van der Waals surface area contributed by atoms with Gasteiger partial charge in [0.1, 0.15) is 0 Å². The second-order valence-electron chi connectivity index (χ2n) is 0.447. The van der Waals surface area contributed by atoms with Crippen molar-refractivity contribution in [1.29, 1.82) is 0 Å². The first-order valence-corrected chi connectivity index (χ1v) is 1.10. The SMILES string of the molecule is O=[N+]([O-])[O-].O=[N+]([O-])[O-].[Na+].[Zn+2]. The summed E-state index contributed by atoms with van der Waals surface area (Å²) in [6, 6.07) is 0. The molecule has 0 aromatic heterocycles. The van der Waals surface area contributed by atoms with Gasteiger partial charge in [0.15, 0.2) is 0 Å². The third-order valence-electron chi connectivity index (χ3n) is 0. The quantitative estimate of drug-likeness (QED) is 0.233. The molecule has 0 spiro atoms. The van der Waals surface area contributed by atoms with E-state index in [0.29, 0.717) is 0 Å². The molecule has 10 heteroatoms. The molecule has 0 aliphatic rings. The van der Waals surface area contributed by atoms with Crippen LogP contribution in [0.15, 0.2) is 0 Å². The van der Waals surface area contributed by atoms with E-state index in [4.69, 9.17) is 30.6 Å². The van der Waals surface area contributed by atoms with Crippen molar-refractivity contribution in [1.82, 2.24) is 0 Å². The molecule has 48 valence electrons. The average molecular weight is 212 g/mol. The van der Waals surface area contributed by atoms with Crippen molar-refractivity contribution < 1.29 is 59.2 Å². The van der Waals surface area contributed by atoms with Gasteiger partial charge in [-0.1, -0.05) is 0 Å². The Morgan fingerprint density at radius 1 is 0.800 bits per heavy atom. The van der Waals surface area contributed by atoms with Crippen LogP contribution in [-0.4, -0.2) is 10.2 Å². The molecule has 0 aromatic carbocycles. The van der Waals surface area contributed by atoms with Crippen molar-refractivity contribution in [3.05, 3.63) is 30.6 Å². The maximum atomic E-state index is 8.25. The van der Waals surface area contributed by atoms with Gasteiger partial charge in [-0.05, 0) is 0 Å². The molecule has 0 aliphatic heterocycles. The van der Waals surface area contributed by atoms with Crippen LogP contribution in [0.1, 0.15) is 0 Å². The predicted octanol–water partition coefficient (Wildman–Crippen LogP) is -3.48. The fraction of sp³-hybridized carbons (Fsp3) is 0. The van der Waals surface area contributed by atoms with Gasteiger partial charge in [0.05, 0.1) is 10.2 Å². The van der Waals surface area contributed by atoms with Crippen molar-refractivity contribution in [3.63, 3.8) is 0 Å². The Bertz CT molecular complexity index is 73.7. The van der Waals surface area contributed by atoms with E-state index in [1.165, 1.54) is 0 Å². The van der Waals surface area contributed by atoms with Crippen LogP contribution in [-0.2, 0) is 19.5 Å². The molecule has 0 radical (unpaired) electrons. The average Bonchev–Trinajstić information content (AvgIpc) is 1.25. The molecule has 0 atom stereocenters. The summed E-state index contributed by atoms with van der Waals surface area (Å²) in [5.41, 5.74) is 0. The fourth-order valence-corrected chi connectivity index (χ4v) is 0. The Morgan fingerprint density at radius 3 is 0.800 bits per heavy atom. The zero-order chi connectivity index (χ0) is 7.15. The van der Waals surface area contributed by atoms with Crippen LogP contribution >= 0.6 is 0 Å². The first-order chi connectivity index (χ1) is 3.46. The minimum Gasteiger partial charge on any atom is -0.356 e. The molecule has 0 unspecified atom stereocenters. The van der Waals surface area contributed by atoms with Gasteiger partial charge in [0.25, 0.3) is 0 Å². The maximum Gasteiger partial charge on any atom is 2.00 e. The molecule has 0 rings (SSSR count). The van der Waals surface area contributed by atoms with Crippen LogP contribution < -0.4 is 29.6 Å². The van der Waals surface area contributed by atoms with Gasteiger partial charge in [-0.2, -0.15) is 0 Å². The van der Waals surface area contributed by atoms with Gasteiger partial charge in [-0.15, -0.1) is 0 Å². The smallest absolute Gasteiger partial charge is 0.356 e. The summed E-state index contributed by atoms with van der Waals surface area (Å²) in [7, 11) is 0. The zero-order valence-electron chi connectivity index (χ0n) is 5.05. The first-order valence-electron chi connectivity index (χ1n) is 1.10. The fourth-order valence-electron chi connectivity index (χ4n) is 0. The van der Waals surface area contributed by atoms with E-state index in [-0.39, 0.29) is 49.0 Å². The molecule has 0 N–H and O–H groups in total. The van der Waals surface area contributed by atoms with Gasteiger partial charge in [-0.3, -0.25) is 0 Å². The second kappa shape index (κ2) is 16.0. The summed E-state index contributed by atoms with van der Waals surface area (Å²) in [6.07, 6.45) is 0. The standard InChI is InChI=1S/2NO3.Na.Zn/c2*2-1(3)4;;/q2*-1;+1;+2. The van der Waals surface area contributed by atoms with Crippen LogP contribution in [0.25, 0.3) is 0 Å². The van der Waals surface area contributed by atoms with Crippen molar-refractivity contribution in [3.8, 4) is 0 Å². The Balaban J connectivity index is -0.0000000300. The molecule has 0 saturated heterocycles. The summed E-state index contributed by atoms with van der Waals surface area (Å²) in [5, 5.41) is 29.5. The second-order valence-corrected chi connectivity index (χ2v) is 0.447. The summed E-state index contributed by atoms with van der Waals surface area (Å²) >= 11 is 0. The minimum atomic E-state index is -1.75. The Hall–Kier alpha value is 0.0234. The van der Waals surface area contributed by atoms with Gasteiger partial charge in [-0.25, -0.2) is 0 Å². The normalized spacial score (nSPS) is 4.80. The summed E-state index contributed by atoms with van der Waals surface area (Å²) in [5.74, 6) is 0. The van der Waals surface area contributed by atoms with Crippen LogP contribution in [0.4, 0.5) is 0 Å². The molecule has 0 bridgehead atoms. The molecule has 0 aromatic rings. The largest absolute Gasteiger partial charge is 2.00 e. The van der Waals surface area contributed by atoms with E-state index >= 15 is 0 Å². The Morgan fingerprint density at radius 2 is 0.800 bits per heavy atom. The van der Waals surface area contributed by atoms with E-state index in [9.17, 15) is 0 Å². The molecule has 8 nitrogen and oxygen atoms in total. The summed E-state index contributed by atoms with van der Waals surface area (Å²) in [6.45, 7) is 0. The zero-order valence-corrected chi connectivity index (χ0v) is 10.0. The van der Waals surface area contributed by atoms with Crippen molar-refractivity contribution in [2.45, 2.75) is 0 Å². The molecular formula is N2NaO6Zn+. The predicted molar refractivity (Wildman–Crippen MR) is 20.7 cm³/mol. The molecule has 0 saturated carbocycles. The molecule has 0 aliphatic carbocycles. The van der Waals surface area contributed by atoms with Gasteiger partial charge >= 0.3 is 49.0 Å². The number of nitrogens with zero attached hydrogens (tertiary/aromatic N) is 2. The third-order valence-corrected chi connectivity index (χ3v) is 0.